The van der Waals surface area contributed by atoms with Gasteiger partial charge in [-0.3, -0.25) is 4.79 Å². The summed E-state index contributed by atoms with van der Waals surface area (Å²) in [6, 6.07) is 13.0. The van der Waals surface area contributed by atoms with Gasteiger partial charge >= 0.3 is 0 Å². The quantitative estimate of drug-likeness (QED) is 0.724. The summed E-state index contributed by atoms with van der Waals surface area (Å²) in [7, 11) is 0. The molecule has 3 aromatic rings. The average molecular weight is 280 g/mol. The van der Waals surface area contributed by atoms with Crippen LogP contribution < -0.4 is 11.1 Å². The van der Waals surface area contributed by atoms with E-state index in [1.54, 1.807) is 10.7 Å². The van der Waals surface area contributed by atoms with Gasteiger partial charge < -0.3 is 11.1 Å². The molecule has 0 saturated carbocycles. The Hall–Kier alpha value is -2.82. The third-order valence-corrected chi connectivity index (χ3v) is 3.48. The minimum Gasteiger partial charge on any atom is -0.398 e. The van der Waals surface area contributed by atoms with Crippen LogP contribution in [-0.4, -0.2) is 15.5 Å². The van der Waals surface area contributed by atoms with E-state index in [2.05, 4.69) is 10.4 Å². The Labute approximate surface area is 122 Å². The third kappa shape index (κ3) is 2.45. The highest BCUT2D eigenvalue weighted by atomic mass is 16.1. The van der Waals surface area contributed by atoms with Crippen LogP contribution >= 0.6 is 0 Å². The highest BCUT2D eigenvalue weighted by Gasteiger charge is 2.16. The predicted octanol–water partition coefficient (Wildman–Crippen LogP) is 2.41. The van der Waals surface area contributed by atoms with E-state index in [0.717, 1.165) is 11.1 Å². The van der Waals surface area contributed by atoms with Crippen LogP contribution in [0, 0.1) is 0 Å². The van der Waals surface area contributed by atoms with Crippen molar-refractivity contribution in [3.8, 4) is 0 Å². The van der Waals surface area contributed by atoms with E-state index in [0.29, 0.717) is 11.3 Å². The number of nitrogens with zero attached hydrogens (tertiary/aromatic N) is 2. The van der Waals surface area contributed by atoms with Gasteiger partial charge in [-0.1, -0.05) is 24.3 Å². The minimum atomic E-state index is -0.169. The zero-order valence-electron chi connectivity index (χ0n) is 11.7. The summed E-state index contributed by atoms with van der Waals surface area (Å²) in [6.07, 6.45) is 3.39. The van der Waals surface area contributed by atoms with Gasteiger partial charge in [0.25, 0.3) is 5.91 Å². The van der Waals surface area contributed by atoms with Crippen molar-refractivity contribution in [1.82, 2.24) is 14.9 Å². The number of hydrogen-bond donors (Lipinski definition) is 2. The van der Waals surface area contributed by atoms with Gasteiger partial charge in [0.1, 0.15) is 0 Å². The number of carbonyl (C=O) groups excluding carboxylic acids is 1. The van der Waals surface area contributed by atoms with Crippen LogP contribution in [0.3, 0.4) is 0 Å². The number of fused-ring (bicyclic) bond motifs is 1. The van der Waals surface area contributed by atoms with Crippen LogP contribution in [0.1, 0.15) is 28.9 Å². The lowest BCUT2D eigenvalue weighted by molar-refractivity contribution is 0.0941. The molecule has 3 N–H and O–H groups in total. The molecule has 21 heavy (non-hydrogen) atoms. The number of amides is 1. The fourth-order valence-corrected chi connectivity index (χ4v) is 2.37. The second-order valence-electron chi connectivity index (χ2n) is 4.91. The summed E-state index contributed by atoms with van der Waals surface area (Å²) in [4.78, 5) is 12.4. The molecule has 5 nitrogen and oxygen atoms in total. The zero-order chi connectivity index (χ0) is 14.8. The average Bonchev–Trinajstić information content (AvgIpc) is 2.91. The molecule has 0 aliphatic heterocycles. The molecule has 0 aliphatic rings. The molecule has 106 valence electrons. The fourth-order valence-electron chi connectivity index (χ4n) is 2.37. The monoisotopic (exact) mass is 280 g/mol. The number of nitrogen functional groups attached to an aromatic ring is 1. The molecule has 0 bridgehead atoms. The van der Waals surface area contributed by atoms with Crippen molar-refractivity contribution in [3.05, 3.63) is 66.0 Å². The minimum absolute atomic E-state index is 0.160. The number of benzene rings is 1. The summed E-state index contributed by atoms with van der Waals surface area (Å²) in [5.41, 5.74) is 8.85. The van der Waals surface area contributed by atoms with Crippen LogP contribution in [0.25, 0.3) is 5.52 Å². The molecule has 0 fully saturated rings. The molecule has 2 heterocycles. The van der Waals surface area contributed by atoms with Crippen LogP contribution in [0.15, 0.2) is 54.9 Å². The summed E-state index contributed by atoms with van der Waals surface area (Å²) in [6.45, 7) is 1.91. The Morgan fingerprint density at radius 3 is 2.81 bits per heavy atom. The van der Waals surface area contributed by atoms with Crippen LogP contribution in [-0.2, 0) is 0 Å². The highest BCUT2D eigenvalue weighted by Crippen LogP contribution is 2.20. The van der Waals surface area contributed by atoms with Gasteiger partial charge in [-0.05, 0) is 30.7 Å². The molecular formula is C16H16N4O. The van der Waals surface area contributed by atoms with Crippen molar-refractivity contribution in [2.75, 3.05) is 5.73 Å². The Balaban J connectivity index is 1.85. The normalized spacial score (nSPS) is 12.2. The number of carbonyl (C=O) groups is 1. The maximum absolute atomic E-state index is 12.4. The van der Waals surface area contributed by atoms with E-state index in [1.165, 1.54) is 0 Å². The smallest absolute Gasteiger partial charge is 0.255 e. The largest absolute Gasteiger partial charge is 0.398 e. The first-order chi connectivity index (χ1) is 10.2. The zero-order valence-corrected chi connectivity index (χ0v) is 11.7. The lowest BCUT2D eigenvalue weighted by Gasteiger charge is -2.15. The fraction of sp³-hybridized carbons (Fsp3) is 0.125. The Morgan fingerprint density at radius 1 is 1.24 bits per heavy atom. The van der Waals surface area contributed by atoms with Crippen LogP contribution in [0.2, 0.25) is 0 Å². The van der Waals surface area contributed by atoms with Gasteiger partial charge in [0.15, 0.2) is 0 Å². The van der Waals surface area contributed by atoms with Crippen LogP contribution in [0.5, 0.6) is 0 Å². The first kappa shape index (κ1) is 13.2. The number of nitrogens with two attached hydrogens (primary N) is 1. The number of aromatic nitrogens is 2. The number of para-hydroxylation sites is 1. The van der Waals surface area contributed by atoms with Crippen LogP contribution in [0.4, 0.5) is 5.69 Å². The number of nitrogens with one attached hydrogen (secondary N) is 1. The second kappa shape index (κ2) is 5.28. The van der Waals surface area contributed by atoms with E-state index in [-0.39, 0.29) is 11.9 Å². The summed E-state index contributed by atoms with van der Waals surface area (Å²) >= 11 is 0. The summed E-state index contributed by atoms with van der Waals surface area (Å²) < 4.78 is 1.68. The second-order valence-corrected chi connectivity index (χ2v) is 4.91. The Bertz CT molecular complexity index is 794. The molecule has 0 saturated heterocycles. The van der Waals surface area contributed by atoms with Crippen molar-refractivity contribution in [2.45, 2.75) is 13.0 Å². The number of rotatable bonds is 3. The lowest BCUT2D eigenvalue weighted by Crippen LogP contribution is -2.27. The van der Waals surface area contributed by atoms with Gasteiger partial charge in [0.2, 0.25) is 0 Å². The molecule has 1 amide bonds. The molecule has 0 radical (unpaired) electrons. The van der Waals surface area contributed by atoms with E-state index in [4.69, 9.17) is 5.73 Å². The molecule has 5 heteroatoms. The van der Waals surface area contributed by atoms with Gasteiger partial charge in [-0.15, -0.1) is 0 Å². The number of pyridine rings is 1. The number of hydrogen-bond acceptors (Lipinski definition) is 3. The maximum atomic E-state index is 12.4. The molecular weight excluding hydrogens is 264 g/mol. The number of anilines is 1. The van der Waals surface area contributed by atoms with Gasteiger partial charge in [-0.25, -0.2) is 4.52 Å². The maximum Gasteiger partial charge on any atom is 0.255 e. The first-order valence-corrected chi connectivity index (χ1v) is 6.74. The topological polar surface area (TPSA) is 72.4 Å². The standard InChI is InChI=1S/C16H16N4O/c1-11(12-6-2-3-7-14(12)17)19-16(21)13-10-18-20-9-5-4-8-15(13)20/h2-11H,17H2,1H3,(H,19,21). The van der Waals surface area contributed by atoms with E-state index >= 15 is 0 Å². The van der Waals surface area contributed by atoms with E-state index in [1.807, 2.05) is 55.6 Å². The van der Waals surface area contributed by atoms with Crippen molar-refractivity contribution < 1.29 is 4.79 Å². The van der Waals surface area contributed by atoms with Gasteiger partial charge in [-0.2, -0.15) is 5.10 Å². The lowest BCUT2D eigenvalue weighted by atomic mass is 10.1. The SMILES string of the molecule is CC(NC(=O)c1cnn2ccccc12)c1ccccc1N. The van der Waals surface area contributed by atoms with Crippen molar-refractivity contribution in [2.24, 2.45) is 0 Å². The van der Waals surface area contributed by atoms with E-state index in [9.17, 15) is 4.79 Å². The van der Waals surface area contributed by atoms with E-state index < -0.39 is 0 Å². The molecule has 1 unspecified atom stereocenters. The molecule has 3 rings (SSSR count). The Kier molecular flexibility index (Phi) is 3.31. The molecule has 1 atom stereocenters. The van der Waals surface area contributed by atoms with Gasteiger partial charge in [0, 0.05) is 11.9 Å². The molecule has 0 spiro atoms. The van der Waals surface area contributed by atoms with Crippen molar-refractivity contribution in [1.29, 1.82) is 0 Å². The molecule has 2 aromatic heterocycles. The molecule has 1 aromatic carbocycles. The van der Waals surface area contributed by atoms with Crippen molar-refractivity contribution >= 4 is 17.1 Å². The van der Waals surface area contributed by atoms with Gasteiger partial charge in [0.05, 0.1) is 23.3 Å². The highest BCUT2D eigenvalue weighted by molar-refractivity contribution is 6.00. The summed E-state index contributed by atoms with van der Waals surface area (Å²) in [5.74, 6) is -0.160. The van der Waals surface area contributed by atoms with Crippen molar-refractivity contribution in [3.63, 3.8) is 0 Å². The molecule has 0 aliphatic carbocycles. The predicted molar refractivity (Wildman–Crippen MR) is 81.9 cm³/mol. The first-order valence-electron chi connectivity index (χ1n) is 6.74. The third-order valence-electron chi connectivity index (χ3n) is 3.48. The Morgan fingerprint density at radius 2 is 2.00 bits per heavy atom. The summed E-state index contributed by atoms with van der Waals surface area (Å²) in [5, 5.41) is 7.13.